The molecule has 1 fully saturated rings. The monoisotopic (exact) mass is 758 g/mol. The first-order valence-electron chi connectivity index (χ1n) is 18.3. The zero-order valence-corrected chi connectivity index (χ0v) is 31.8. The normalized spacial score (nSPS) is 18.4. The molecule has 15 heteroatoms. The van der Waals surface area contributed by atoms with E-state index in [0.717, 1.165) is 12.1 Å². The van der Waals surface area contributed by atoms with Crippen LogP contribution in [0.15, 0.2) is 54.0 Å². The van der Waals surface area contributed by atoms with E-state index in [0.29, 0.717) is 5.69 Å². The molecule has 2 aliphatic heterocycles. The highest BCUT2D eigenvalue weighted by atomic mass is 19.1. The summed E-state index contributed by atoms with van der Waals surface area (Å²) < 4.78 is 52.0. The average molecular weight is 759 g/mol. The van der Waals surface area contributed by atoms with E-state index in [1.54, 1.807) is 43.6 Å². The van der Waals surface area contributed by atoms with Gasteiger partial charge in [0.15, 0.2) is 23.7 Å². The number of ether oxygens (including phenoxy) is 3. The van der Waals surface area contributed by atoms with Crippen molar-refractivity contribution in [3.63, 3.8) is 0 Å². The Morgan fingerprint density at radius 2 is 1.69 bits per heavy atom. The van der Waals surface area contributed by atoms with Crippen LogP contribution >= 0.6 is 0 Å². The number of fused-ring (bicyclic) bond motifs is 5. The third-order valence-electron chi connectivity index (χ3n) is 9.65. The maximum atomic E-state index is 16.6. The summed E-state index contributed by atoms with van der Waals surface area (Å²) in [5.74, 6) is -4.94. The molecule has 290 valence electrons. The summed E-state index contributed by atoms with van der Waals surface area (Å²) in [4.78, 5) is 71.2. The standard InChI is InChI=1S/C40H44F2N6O7/c1-9-30(49)46-15-16-47(23(8)18-46)36-25-17-27(42)33-31-26(41)11-10-12-28(31)53-19-29(54-38(50)21(4)5)35(55-39(51)22(6)7)24-13-14-43-32(20(2)3)34(24)48(37(25)44-33)40(52)45-36/h9-14,17,20-23,29,35H,1,15-16,18-19H2,2-8H3/t23-,29?,35?/m0/s1. The van der Waals surface area contributed by atoms with Crippen LogP contribution in [0, 0.1) is 23.5 Å². The van der Waals surface area contributed by atoms with Crippen LogP contribution in [0.3, 0.4) is 0 Å². The number of halogens is 2. The van der Waals surface area contributed by atoms with E-state index in [4.69, 9.17) is 19.2 Å². The van der Waals surface area contributed by atoms with Crippen molar-refractivity contribution in [3.8, 4) is 22.7 Å². The number of rotatable bonds is 7. The number of amides is 1. The molecule has 55 heavy (non-hydrogen) atoms. The Hall–Kier alpha value is -5.73. The summed E-state index contributed by atoms with van der Waals surface area (Å²) in [6.07, 6.45) is -0.0193. The fourth-order valence-corrected chi connectivity index (χ4v) is 6.78. The number of carbonyl (C=O) groups is 3. The quantitative estimate of drug-likeness (QED) is 0.170. The van der Waals surface area contributed by atoms with Gasteiger partial charge in [-0.2, -0.15) is 4.98 Å². The van der Waals surface area contributed by atoms with E-state index in [1.807, 2.05) is 20.8 Å². The largest absolute Gasteiger partial charge is 0.489 e. The van der Waals surface area contributed by atoms with Crippen molar-refractivity contribution in [1.82, 2.24) is 24.4 Å². The lowest BCUT2D eigenvalue weighted by Gasteiger charge is -2.40. The fourth-order valence-electron chi connectivity index (χ4n) is 6.78. The Labute approximate surface area is 316 Å². The zero-order valence-electron chi connectivity index (χ0n) is 31.8. The summed E-state index contributed by atoms with van der Waals surface area (Å²) >= 11 is 0. The van der Waals surface area contributed by atoms with Crippen LogP contribution in [0.5, 0.6) is 5.75 Å². The molecular formula is C40H44F2N6O7. The summed E-state index contributed by atoms with van der Waals surface area (Å²) in [5, 5.41) is 0.107. The van der Waals surface area contributed by atoms with E-state index in [-0.39, 0.29) is 76.9 Å². The number of esters is 2. The molecule has 1 saturated heterocycles. The second-order valence-corrected chi connectivity index (χ2v) is 14.6. The van der Waals surface area contributed by atoms with Crippen molar-refractivity contribution in [2.75, 3.05) is 31.1 Å². The molecule has 4 aromatic rings. The zero-order chi connectivity index (χ0) is 39.9. The minimum atomic E-state index is -1.39. The number of pyridine rings is 2. The molecule has 1 aromatic carbocycles. The number of piperazine rings is 1. The molecule has 0 spiro atoms. The van der Waals surface area contributed by atoms with Crippen LogP contribution in [0.2, 0.25) is 0 Å². The van der Waals surface area contributed by atoms with Crippen molar-refractivity contribution >= 4 is 34.7 Å². The third-order valence-corrected chi connectivity index (χ3v) is 9.65. The lowest BCUT2D eigenvalue weighted by molar-refractivity contribution is -0.175. The Morgan fingerprint density at radius 3 is 2.35 bits per heavy atom. The molecule has 13 nitrogen and oxygen atoms in total. The molecule has 2 bridgehead atoms. The SMILES string of the molecule is C=CC(=O)N1CCN(c2nc(=O)n3c4nc(c(F)cc24)-c2c(F)cccc2OCC(OC(=O)C(C)C)C(OC(=O)C(C)C)c2ccnc(C(C)C)c2-3)[C@@H](C)C1. The van der Waals surface area contributed by atoms with Gasteiger partial charge in [0.2, 0.25) is 5.91 Å². The van der Waals surface area contributed by atoms with Crippen LogP contribution in [0.1, 0.15) is 71.7 Å². The van der Waals surface area contributed by atoms with Crippen LogP contribution < -0.4 is 15.3 Å². The van der Waals surface area contributed by atoms with Crippen molar-refractivity contribution < 1.29 is 37.4 Å². The summed E-state index contributed by atoms with van der Waals surface area (Å²) in [6, 6.07) is 6.23. The second-order valence-electron chi connectivity index (χ2n) is 14.6. The highest BCUT2D eigenvalue weighted by Crippen LogP contribution is 2.40. The first kappa shape index (κ1) is 39.0. The van der Waals surface area contributed by atoms with E-state index in [1.165, 1.54) is 29.0 Å². The number of hydrogen-bond acceptors (Lipinski definition) is 11. The molecule has 2 aliphatic rings. The van der Waals surface area contributed by atoms with Crippen molar-refractivity contribution in [2.24, 2.45) is 11.8 Å². The topological polar surface area (TPSA) is 146 Å². The Morgan fingerprint density at radius 1 is 0.982 bits per heavy atom. The van der Waals surface area contributed by atoms with Gasteiger partial charge in [-0.05, 0) is 43.2 Å². The number of benzene rings is 1. The van der Waals surface area contributed by atoms with E-state index < -0.39 is 65.6 Å². The summed E-state index contributed by atoms with van der Waals surface area (Å²) in [5.41, 5.74) is -1.04. The van der Waals surface area contributed by atoms with Gasteiger partial charge in [0.05, 0.1) is 34.2 Å². The molecule has 1 amide bonds. The molecule has 2 unspecified atom stereocenters. The molecule has 3 aromatic heterocycles. The first-order chi connectivity index (χ1) is 26.1. The van der Waals surface area contributed by atoms with E-state index in [9.17, 15) is 19.2 Å². The third kappa shape index (κ3) is 7.39. The van der Waals surface area contributed by atoms with Crippen LogP contribution in [-0.4, -0.2) is 80.7 Å². The maximum absolute atomic E-state index is 16.6. The average Bonchev–Trinajstić information content (AvgIpc) is 3.14. The molecule has 0 aliphatic carbocycles. The lowest BCUT2D eigenvalue weighted by Crippen LogP contribution is -2.54. The fraction of sp³-hybridized carbons (Fsp3) is 0.425. The smallest absolute Gasteiger partial charge is 0.355 e. The summed E-state index contributed by atoms with van der Waals surface area (Å²) in [6.45, 7) is 16.0. The molecule has 0 saturated carbocycles. The molecule has 3 atom stereocenters. The van der Waals surface area contributed by atoms with Crippen molar-refractivity contribution in [1.29, 1.82) is 0 Å². The van der Waals surface area contributed by atoms with Gasteiger partial charge >= 0.3 is 17.6 Å². The van der Waals surface area contributed by atoms with Gasteiger partial charge in [-0.3, -0.25) is 19.4 Å². The predicted molar refractivity (Wildman–Crippen MR) is 200 cm³/mol. The van der Waals surface area contributed by atoms with Gasteiger partial charge in [0.25, 0.3) is 0 Å². The van der Waals surface area contributed by atoms with Gasteiger partial charge in [-0.25, -0.2) is 23.1 Å². The van der Waals surface area contributed by atoms with Crippen molar-refractivity contribution in [2.45, 2.75) is 72.6 Å². The number of anilines is 1. The minimum Gasteiger partial charge on any atom is -0.489 e. The molecule has 6 rings (SSSR count). The highest BCUT2D eigenvalue weighted by molar-refractivity contribution is 5.92. The number of aromatic nitrogens is 4. The van der Waals surface area contributed by atoms with Gasteiger partial charge < -0.3 is 24.0 Å². The molecule has 0 N–H and O–H groups in total. The van der Waals surface area contributed by atoms with Crippen LogP contribution in [-0.2, 0) is 23.9 Å². The summed E-state index contributed by atoms with van der Waals surface area (Å²) in [7, 11) is 0. The molecular weight excluding hydrogens is 714 g/mol. The van der Waals surface area contributed by atoms with Gasteiger partial charge in [0.1, 0.15) is 29.7 Å². The Bertz CT molecular complexity index is 2240. The Balaban J connectivity index is 1.74. The first-order valence-corrected chi connectivity index (χ1v) is 18.3. The van der Waals surface area contributed by atoms with Crippen LogP contribution in [0.4, 0.5) is 14.6 Å². The van der Waals surface area contributed by atoms with Gasteiger partial charge in [0, 0.05) is 37.4 Å². The Kier molecular flexibility index (Phi) is 11.0. The van der Waals surface area contributed by atoms with Gasteiger partial charge in [-0.1, -0.05) is 54.2 Å². The predicted octanol–water partition coefficient (Wildman–Crippen LogP) is 5.67. The van der Waals surface area contributed by atoms with Crippen molar-refractivity contribution in [3.05, 3.63) is 82.6 Å². The number of carbonyl (C=O) groups excluding carboxylic acids is 3. The van der Waals surface area contributed by atoms with Crippen LogP contribution in [0.25, 0.3) is 28.0 Å². The number of nitrogens with zero attached hydrogens (tertiary/aromatic N) is 6. The minimum absolute atomic E-state index is 0.0983. The van der Waals surface area contributed by atoms with E-state index in [2.05, 4.69) is 16.5 Å². The van der Waals surface area contributed by atoms with Gasteiger partial charge in [-0.15, -0.1) is 0 Å². The highest BCUT2D eigenvalue weighted by Gasteiger charge is 2.38. The lowest BCUT2D eigenvalue weighted by atomic mass is 9.97. The van der Waals surface area contributed by atoms with E-state index >= 15 is 8.78 Å². The maximum Gasteiger partial charge on any atom is 0.355 e. The number of hydrogen-bond donors (Lipinski definition) is 0. The molecule has 0 radical (unpaired) electrons. The molecule has 5 heterocycles. The second kappa shape index (κ2) is 15.6.